The lowest BCUT2D eigenvalue weighted by Crippen LogP contribution is -2.71. The van der Waals surface area contributed by atoms with Crippen LogP contribution in [0.2, 0.25) is 0 Å². The minimum atomic E-state index is -3.09. The van der Waals surface area contributed by atoms with Crippen molar-refractivity contribution in [1.29, 1.82) is 0 Å². The summed E-state index contributed by atoms with van der Waals surface area (Å²) in [5, 5.41) is 3.27. The lowest BCUT2D eigenvalue weighted by Gasteiger charge is -2.35. The predicted molar refractivity (Wildman–Crippen MR) is 119 cm³/mol. The van der Waals surface area contributed by atoms with E-state index in [0.29, 0.717) is 5.57 Å². The number of benzene rings is 3. The molecular formula is C25H26O2Si. The standard InChI is InChI=1S/C25H26O2Si/c1-18(2)25(26)27-28(22-15-9-6-12-19(22)3,23-16-10-7-13-20(23)4)24-17-11-8-14-21(24)5/h6-17H,1H2,2-5H3. The summed E-state index contributed by atoms with van der Waals surface area (Å²) in [5.74, 6) is -0.346. The fourth-order valence-corrected chi connectivity index (χ4v) is 8.29. The molecule has 0 aromatic heterocycles. The maximum absolute atomic E-state index is 12.9. The molecule has 3 heteroatoms. The van der Waals surface area contributed by atoms with Crippen molar-refractivity contribution in [3.05, 3.63) is 102 Å². The van der Waals surface area contributed by atoms with Crippen LogP contribution in [-0.2, 0) is 9.22 Å². The number of aryl methyl sites for hydroxylation is 3. The monoisotopic (exact) mass is 386 g/mol. The van der Waals surface area contributed by atoms with Gasteiger partial charge in [-0.05, 0) is 59.9 Å². The van der Waals surface area contributed by atoms with Gasteiger partial charge in [0.1, 0.15) is 0 Å². The van der Waals surface area contributed by atoms with Gasteiger partial charge in [0.15, 0.2) is 0 Å². The zero-order chi connectivity index (χ0) is 20.3. The van der Waals surface area contributed by atoms with Gasteiger partial charge in [-0.3, -0.25) is 0 Å². The van der Waals surface area contributed by atoms with Crippen molar-refractivity contribution in [3.63, 3.8) is 0 Å². The Morgan fingerprint density at radius 2 is 1.04 bits per heavy atom. The second kappa shape index (κ2) is 7.99. The van der Waals surface area contributed by atoms with Crippen LogP contribution in [0.5, 0.6) is 0 Å². The molecule has 2 nitrogen and oxygen atoms in total. The van der Waals surface area contributed by atoms with E-state index in [9.17, 15) is 4.79 Å². The molecular weight excluding hydrogens is 360 g/mol. The number of hydrogen-bond donors (Lipinski definition) is 0. The first-order chi connectivity index (χ1) is 13.4. The van der Waals surface area contributed by atoms with Crippen molar-refractivity contribution in [2.45, 2.75) is 27.7 Å². The van der Waals surface area contributed by atoms with Gasteiger partial charge < -0.3 is 4.43 Å². The quantitative estimate of drug-likeness (QED) is 0.380. The summed E-state index contributed by atoms with van der Waals surface area (Å²) < 4.78 is 6.50. The van der Waals surface area contributed by atoms with Crippen LogP contribution in [0.25, 0.3) is 0 Å². The van der Waals surface area contributed by atoms with Gasteiger partial charge in [0.05, 0.1) is 0 Å². The number of carbonyl (C=O) groups excluding carboxylic acids is 1. The van der Waals surface area contributed by atoms with Crippen molar-refractivity contribution in [3.8, 4) is 0 Å². The van der Waals surface area contributed by atoms with Crippen LogP contribution in [0.4, 0.5) is 0 Å². The average molecular weight is 387 g/mol. The smallest absolute Gasteiger partial charge is 0.351 e. The molecule has 0 spiro atoms. The normalized spacial score (nSPS) is 11.1. The molecule has 0 radical (unpaired) electrons. The highest BCUT2D eigenvalue weighted by Crippen LogP contribution is 2.17. The Bertz CT molecular complexity index is 925. The molecule has 0 aliphatic rings. The highest BCUT2D eigenvalue weighted by molar-refractivity contribution is 7.08. The van der Waals surface area contributed by atoms with Gasteiger partial charge in [-0.1, -0.05) is 79.4 Å². The Hall–Kier alpha value is -2.91. The third-order valence-electron chi connectivity index (χ3n) is 5.17. The Kier molecular flexibility index (Phi) is 5.66. The van der Waals surface area contributed by atoms with E-state index in [1.54, 1.807) is 6.92 Å². The van der Waals surface area contributed by atoms with Crippen molar-refractivity contribution < 1.29 is 9.22 Å². The topological polar surface area (TPSA) is 26.3 Å². The average Bonchev–Trinajstić information content (AvgIpc) is 2.67. The molecule has 0 N–H and O–H groups in total. The highest BCUT2D eigenvalue weighted by atomic mass is 28.4. The lowest BCUT2D eigenvalue weighted by atomic mass is 10.2. The van der Waals surface area contributed by atoms with Gasteiger partial charge >= 0.3 is 14.3 Å². The first kappa shape index (κ1) is 19.8. The minimum Gasteiger partial charge on any atom is -0.502 e. The molecule has 0 saturated heterocycles. The highest BCUT2D eigenvalue weighted by Gasteiger charge is 2.48. The third kappa shape index (κ3) is 3.46. The van der Waals surface area contributed by atoms with Crippen LogP contribution in [0.1, 0.15) is 23.6 Å². The van der Waals surface area contributed by atoms with Crippen molar-refractivity contribution in [2.75, 3.05) is 0 Å². The Morgan fingerprint density at radius 3 is 1.32 bits per heavy atom. The second-order valence-corrected chi connectivity index (χ2v) is 10.5. The molecule has 0 fully saturated rings. The van der Waals surface area contributed by atoms with Gasteiger partial charge in [-0.2, -0.15) is 0 Å². The fraction of sp³-hybridized carbons (Fsp3) is 0.160. The number of rotatable bonds is 5. The zero-order valence-electron chi connectivity index (χ0n) is 17.0. The van der Waals surface area contributed by atoms with Crippen LogP contribution in [0.3, 0.4) is 0 Å². The maximum Gasteiger partial charge on any atom is 0.351 e. The van der Waals surface area contributed by atoms with E-state index in [1.807, 2.05) is 36.4 Å². The molecule has 28 heavy (non-hydrogen) atoms. The van der Waals surface area contributed by atoms with Gasteiger partial charge in [0.2, 0.25) is 0 Å². The van der Waals surface area contributed by atoms with E-state index in [1.165, 1.54) is 0 Å². The lowest BCUT2D eigenvalue weighted by molar-refractivity contribution is -0.130. The first-order valence-corrected chi connectivity index (χ1v) is 11.4. The molecule has 0 aliphatic carbocycles. The summed E-state index contributed by atoms with van der Waals surface area (Å²) in [5.41, 5.74) is 3.77. The van der Waals surface area contributed by atoms with Gasteiger partial charge in [-0.15, -0.1) is 0 Å². The molecule has 0 amide bonds. The SMILES string of the molecule is C=C(C)C(=O)O[Si](c1ccccc1C)(c1ccccc1C)c1ccccc1C. The first-order valence-electron chi connectivity index (χ1n) is 9.45. The number of hydrogen-bond acceptors (Lipinski definition) is 2. The molecule has 3 rings (SSSR count). The minimum absolute atomic E-state index is 0.346. The second-order valence-electron chi connectivity index (χ2n) is 7.30. The molecule has 0 aliphatic heterocycles. The van der Waals surface area contributed by atoms with Crippen LogP contribution < -0.4 is 15.6 Å². The van der Waals surface area contributed by atoms with E-state index in [-0.39, 0.29) is 5.97 Å². The zero-order valence-corrected chi connectivity index (χ0v) is 18.0. The fourth-order valence-electron chi connectivity index (χ4n) is 3.73. The van der Waals surface area contributed by atoms with Crippen LogP contribution >= 0.6 is 0 Å². The van der Waals surface area contributed by atoms with Crippen molar-refractivity contribution in [2.24, 2.45) is 0 Å². The van der Waals surface area contributed by atoms with Gasteiger partial charge in [0, 0.05) is 5.57 Å². The third-order valence-corrected chi connectivity index (χ3v) is 9.62. The molecule has 0 unspecified atom stereocenters. The van der Waals surface area contributed by atoms with Gasteiger partial charge in [0.25, 0.3) is 0 Å². The van der Waals surface area contributed by atoms with Gasteiger partial charge in [-0.25, -0.2) is 4.79 Å². The number of carbonyl (C=O) groups is 1. The molecule has 0 saturated carbocycles. The summed E-state index contributed by atoms with van der Waals surface area (Å²) in [4.78, 5) is 12.9. The van der Waals surface area contributed by atoms with Crippen LogP contribution in [0.15, 0.2) is 84.9 Å². The van der Waals surface area contributed by atoms with E-state index >= 15 is 0 Å². The van der Waals surface area contributed by atoms with Crippen LogP contribution in [0, 0.1) is 20.8 Å². The van der Waals surface area contributed by atoms with Crippen LogP contribution in [-0.4, -0.2) is 14.3 Å². The largest absolute Gasteiger partial charge is 0.502 e. The molecule has 0 heterocycles. The summed E-state index contributed by atoms with van der Waals surface area (Å²) in [6, 6.07) is 24.7. The van der Waals surface area contributed by atoms with E-state index in [0.717, 1.165) is 32.3 Å². The van der Waals surface area contributed by atoms with E-state index < -0.39 is 8.32 Å². The van der Waals surface area contributed by atoms with Crippen molar-refractivity contribution in [1.82, 2.24) is 0 Å². The molecule has 0 bridgehead atoms. The van der Waals surface area contributed by atoms with E-state index in [2.05, 4.69) is 63.7 Å². The Morgan fingerprint density at radius 1 is 0.714 bits per heavy atom. The maximum atomic E-state index is 12.9. The van der Waals surface area contributed by atoms with Crippen molar-refractivity contribution >= 4 is 29.8 Å². The summed E-state index contributed by atoms with van der Waals surface area (Å²) >= 11 is 0. The Labute approximate surface area is 168 Å². The summed E-state index contributed by atoms with van der Waals surface area (Å²) in [6.07, 6.45) is 0. The summed E-state index contributed by atoms with van der Waals surface area (Å²) in [7, 11) is -3.09. The summed E-state index contributed by atoms with van der Waals surface area (Å²) in [6.45, 7) is 11.8. The Balaban J connectivity index is 2.47. The predicted octanol–water partition coefficient (Wildman–Crippen LogP) is 3.70. The van der Waals surface area contributed by atoms with E-state index in [4.69, 9.17) is 4.43 Å². The molecule has 0 atom stereocenters. The molecule has 3 aromatic carbocycles. The molecule has 3 aromatic rings. The molecule has 142 valence electrons.